The number of nitrogens with one attached hydrogen (secondary N) is 1. The molecule has 2 amide bonds. The average molecular weight is 250 g/mol. The van der Waals surface area contributed by atoms with Crippen LogP contribution in [0.5, 0.6) is 0 Å². The zero-order chi connectivity index (χ0) is 13.0. The molecule has 100 valence electrons. The molecule has 1 heterocycles. The standard InChI is InChI=1S/C13H22N4O/c1-3-6-17(10-11-4-5-11)13(18)14-7-12-8-15-16(2)9-12/h8-9,11H,3-7,10H2,1-2H3,(H,14,18). The highest BCUT2D eigenvalue weighted by molar-refractivity contribution is 5.74. The van der Waals surface area contributed by atoms with Crippen LogP contribution in [0.2, 0.25) is 0 Å². The van der Waals surface area contributed by atoms with Crippen LogP contribution in [0.4, 0.5) is 4.79 Å². The molecule has 1 aliphatic rings. The van der Waals surface area contributed by atoms with E-state index in [4.69, 9.17) is 0 Å². The van der Waals surface area contributed by atoms with Crippen molar-refractivity contribution in [2.24, 2.45) is 13.0 Å². The molecule has 0 aromatic carbocycles. The van der Waals surface area contributed by atoms with Crippen molar-refractivity contribution in [1.82, 2.24) is 20.0 Å². The fourth-order valence-electron chi connectivity index (χ4n) is 2.01. The Labute approximate surface area is 108 Å². The third kappa shape index (κ3) is 3.75. The third-order valence-electron chi connectivity index (χ3n) is 3.16. The molecule has 5 heteroatoms. The van der Waals surface area contributed by atoms with Crippen LogP contribution in [0.25, 0.3) is 0 Å². The van der Waals surface area contributed by atoms with Crippen LogP contribution in [0, 0.1) is 5.92 Å². The van der Waals surface area contributed by atoms with Gasteiger partial charge in [-0.2, -0.15) is 5.10 Å². The Hall–Kier alpha value is -1.52. The first-order valence-electron chi connectivity index (χ1n) is 6.69. The van der Waals surface area contributed by atoms with Crippen molar-refractivity contribution in [1.29, 1.82) is 0 Å². The first kappa shape index (κ1) is 12.9. The molecule has 1 aromatic rings. The van der Waals surface area contributed by atoms with Crippen molar-refractivity contribution in [3.63, 3.8) is 0 Å². The van der Waals surface area contributed by atoms with Crippen LogP contribution in [-0.4, -0.2) is 33.8 Å². The number of carbonyl (C=O) groups excluding carboxylic acids is 1. The lowest BCUT2D eigenvalue weighted by molar-refractivity contribution is 0.195. The maximum absolute atomic E-state index is 12.1. The van der Waals surface area contributed by atoms with Gasteiger partial charge in [-0.25, -0.2) is 4.79 Å². The molecule has 0 unspecified atom stereocenters. The molecular weight excluding hydrogens is 228 g/mol. The fraction of sp³-hybridized carbons (Fsp3) is 0.692. The van der Waals surface area contributed by atoms with Gasteiger partial charge in [-0.05, 0) is 25.2 Å². The Balaban J connectivity index is 1.80. The first-order valence-corrected chi connectivity index (χ1v) is 6.69. The predicted molar refractivity (Wildman–Crippen MR) is 70.0 cm³/mol. The number of aryl methyl sites for hydroxylation is 1. The summed E-state index contributed by atoms with van der Waals surface area (Å²) in [4.78, 5) is 14.0. The smallest absolute Gasteiger partial charge is 0.317 e. The Morgan fingerprint density at radius 1 is 1.61 bits per heavy atom. The zero-order valence-electron chi connectivity index (χ0n) is 11.2. The van der Waals surface area contributed by atoms with Gasteiger partial charge in [-0.3, -0.25) is 4.68 Å². The summed E-state index contributed by atoms with van der Waals surface area (Å²) in [6.45, 7) is 4.41. The van der Waals surface area contributed by atoms with Crippen LogP contribution < -0.4 is 5.32 Å². The van der Waals surface area contributed by atoms with E-state index < -0.39 is 0 Å². The molecule has 1 N–H and O–H groups in total. The minimum Gasteiger partial charge on any atom is -0.334 e. The molecule has 0 aliphatic heterocycles. The number of urea groups is 1. The van der Waals surface area contributed by atoms with E-state index in [0.29, 0.717) is 6.54 Å². The van der Waals surface area contributed by atoms with E-state index in [1.165, 1.54) is 12.8 Å². The normalized spacial score (nSPS) is 14.6. The van der Waals surface area contributed by atoms with E-state index in [2.05, 4.69) is 17.3 Å². The van der Waals surface area contributed by atoms with Crippen LogP contribution in [-0.2, 0) is 13.6 Å². The molecule has 0 spiro atoms. The minimum atomic E-state index is 0.0487. The van der Waals surface area contributed by atoms with E-state index in [0.717, 1.165) is 31.0 Å². The lowest BCUT2D eigenvalue weighted by Gasteiger charge is -2.22. The number of rotatable bonds is 6. The van der Waals surface area contributed by atoms with Gasteiger partial charge in [-0.1, -0.05) is 6.92 Å². The highest BCUT2D eigenvalue weighted by atomic mass is 16.2. The number of amides is 2. The summed E-state index contributed by atoms with van der Waals surface area (Å²) < 4.78 is 1.75. The van der Waals surface area contributed by atoms with Crippen molar-refractivity contribution >= 4 is 6.03 Å². The van der Waals surface area contributed by atoms with Crippen molar-refractivity contribution in [2.45, 2.75) is 32.7 Å². The van der Waals surface area contributed by atoms with Crippen LogP contribution in [0.3, 0.4) is 0 Å². The summed E-state index contributed by atoms with van der Waals surface area (Å²) in [5, 5.41) is 7.05. The maximum atomic E-state index is 12.1. The Morgan fingerprint density at radius 2 is 2.39 bits per heavy atom. The quantitative estimate of drug-likeness (QED) is 0.836. The lowest BCUT2D eigenvalue weighted by atomic mass is 10.3. The van der Waals surface area contributed by atoms with Crippen LogP contribution in [0.15, 0.2) is 12.4 Å². The number of hydrogen-bond acceptors (Lipinski definition) is 2. The van der Waals surface area contributed by atoms with Crippen LogP contribution in [0.1, 0.15) is 31.7 Å². The minimum absolute atomic E-state index is 0.0487. The first-order chi connectivity index (χ1) is 8.69. The van der Waals surface area contributed by atoms with E-state index in [1.54, 1.807) is 10.9 Å². The maximum Gasteiger partial charge on any atom is 0.317 e. The SMILES string of the molecule is CCCN(CC1CC1)C(=O)NCc1cnn(C)c1. The van der Waals surface area contributed by atoms with E-state index in [1.807, 2.05) is 18.1 Å². The molecule has 1 saturated carbocycles. The fourth-order valence-corrected chi connectivity index (χ4v) is 2.01. The highest BCUT2D eigenvalue weighted by Gasteiger charge is 2.26. The Morgan fingerprint density at radius 3 is 2.94 bits per heavy atom. The van der Waals surface area contributed by atoms with Gasteiger partial charge in [0, 0.05) is 38.4 Å². The largest absolute Gasteiger partial charge is 0.334 e. The van der Waals surface area contributed by atoms with Crippen molar-refractivity contribution < 1.29 is 4.79 Å². The van der Waals surface area contributed by atoms with E-state index in [9.17, 15) is 4.79 Å². The number of carbonyl (C=O) groups is 1. The summed E-state index contributed by atoms with van der Waals surface area (Å²) in [6, 6.07) is 0.0487. The van der Waals surface area contributed by atoms with Crippen LogP contribution >= 0.6 is 0 Å². The van der Waals surface area contributed by atoms with Gasteiger partial charge in [0.1, 0.15) is 0 Å². The summed E-state index contributed by atoms with van der Waals surface area (Å²) in [5.74, 6) is 0.737. The number of aromatic nitrogens is 2. The Bertz CT molecular complexity index is 397. The zero-order valence-corrected chi connectivity index (χ0v) is 11.2. The summed E-state index contributed by atoms with van der Waals surface area (Å²) >= 11 is 0. The van der Waals surface area contributed by atoms with Gasteiger partial charge in [0.05, 0.1) is 6.20 Å². The van der Waals surface area contributed by atoms with Crippen molar-refractivity contribution in [3.8, 4) is 0 Å². The highest BCUT2D eigenvalue weighted by Crippen LogP contribution is 2.29. The van der Waals surface area contributed by atoms with Gasteiger partial charge in [0.15, 0.2) is 0 Å². The van der Waals surface area contributed by atoms with Crippen molar-refractivity contribution in [2.75, 3.05) is 13.1 Å². The van der Waals surface area contributed by atoms with E-state index >= 15 is 0 Å². The molecule has 1 aromatic heterocycles. The van der Waals surface area contributed by atoms with Crippen molar-refractivity contribution in [3.05, 3.63) is 18.0 Å². The lowest BCUT2D eigenvalue weighted by Crippen LogP contribution is -2.41. The second-order valence-electron chi connectivity index (χ2n) is 5.07. The average Bonchev–Trinajstić information content (AvgIpc) is 3.07. The molecule has 0 radical (unpaired) electrons. The molecular formula is C13H22N4O. The molecule has 0 saturated heterocycles. The number of nitrogens with zero attached hydrogens (tertiary/aromatic N) is 3. The van der Waals surface area contributed by atoms with E-state index in [-0.39, 0.29) is 6.03 Å². The summed E-state index contributed by atoms with van der Waals surface area (Å²) in [6.07, 6.45) is 7.26. The summed E-state index contributed by atoms with van der Waals surface area (Å²) in [7, 11) is 1.88. The monoisotopic (exact) mass is 250 g/mol. The predicted octanol–water partition coefficient (Wildman–Crippen LogP) is 1.75. The molecule has 0 bridgehead atoms. The topological polar surface area (TPSA) is 50.2 Å². The molecule has 5 nitrogen and oxygen atoms in total. The van der Waals surface area contributed by atoms with Gasteiger partial charge in [-0.15, -0.1) is 0 Å². The Kier molecular flexibility index (Phi) is 4.23. The summed E-state index contributed by atoms with van der Waals surface area (Å²) in [5.41, 5.74) is 1.04. The second kappa shape index (κ2) is 5.89. The molecule has 1 aliphatic carbocycles. The van der Waals surface area contributed by atoms with Gasteiger partial charge in [0.2, 0.25) is 0 Å². The van der Waals surface area contributed by atoms with Gasteiger partial charge >= 0.3 is 6.03 Å². The number of hydrogen-bond donors (Lipinski definition) is 1. The molecule has 0 atom stereocenters. The molecule has 1 fully saturated rings. The second-order valence-corrected chi connectivity index (χ2v) is 5.07. The van der Waals surface area contributed by atoms with Gasteiger partial charge in [0.25, 0.3) is 0 Å². The third-order valence-corrected chi connectivity index (χ3v) is 3.16. The molecule has 18 heavy (non-hydrogen) atoms. The molecule has 2 rings (SSSR count). The van der Waals surface area contributed by atoms with Gasteiger partial charge < -0.3 is 10.2 Å².